The Kier molecular flexibility index (Phi) is 4.94. The predicted molar refractivity (Wildman–Crippen MR) is 80.7 cm³/mol. The average molecular weight is 279 g/mol. The van der Waals surface area contributed by atoms with Crippen LogP contribution in [0.5, 0.6) is 0 Å². The number of nitrogens with zero attached hydrogens (tertiary/aromatic N) is 2. The second-order valence-corrected chi connectivity index (χ2v) is 6.75. The molecule has 114 valence electrons. The van der Waals surface area contributed by atoms with Gasteiger partial charge in [-0.3, -0.25) is 9.69 Å². The van der Waals surface area contributed by atoms with E-state index in [1.807, 2.05) is 0 Å². The molecule has 3 aliphatic rings. The van der Waals surface area contributed by atoms with Crippen molar-refractivity contribution in [3.8, 4) is 0 Å². The first-order valence-electron chi connectivity index (χ1n) is 8.58. The number of rotatable bonds is 5. The molecule has 1 atom stereocenters. The number of carbonyl (C=O) groups excluding carboxylic acids is 1. The normalized spacial score (nSPS) is 27.9. The van der Waals surface area contributed by atoms with Crippen molar-refractivity contribution in [2.45, 2.75) is 63.5 Å². The van der Waals surface area contributed by atoms with Crippen molar-refractivity contribution in [3.05, 3.63) is 0 Å². The maximum atomic E-state index is 12.5. The van der Waals surface area contributed by atoms with Crippen LogP contribution in [0.1, 0.15) is 51.4 Å². The van der Waals surface area contributed by atoms with Crippen LogP contribution < -0.4 is 5.32 Å². The number of nitrogens with one attached hydrogen (secondary N) is 1. The van der Waals surface area contributed by atoms with Crippen LogP contribution in [0.15, 0.2) is 0 Å². The highest BCUT2D eigenvalue weighted by Crippen LogP contribution is 2.27. The van der Waals surface area contributed by atoms with Crippen molar-refractivity contribution >= 4 is 5.91 Å². The van der Waals surface area contributed by atoms with Crippen LogP contribution in [0.4, 0.5) is 0 Å². The second kappa shape index (κ2) is 6.90. The average Bonchev–Trinajstić information content (AvgIpc) is 3.23. The topological polar surface area (TPSA) is 35.6 Å². The number of likely N-dealkylation sites (tertiary alicyclic amines) is 1. The van der Waals surface area contributed by atoms with E-state index in [4.69, 9.17) is 0 Å². The molecule has 0 radical (unpaired) electrons. The van der Waals surface area contributed by atoms with Gasteiger partial charge < -0.3 is 10.2 Å². The third kappa shape index (κ3) is 3.95. The standard InChI is InChI=1S/C16H29N3O/c20-16(18-10-3-1-2-4-11-18)13-19(15-7-8-15)12-14-6-5-9-17-14/h14-15,17H,1-13H2. The largest absolute Gasteiger partial charge is 0.342 e. The molecular formula is C16H29N3O. The van der Waals surface area contributed by atoms with Gasteiger partial charge >= 0.3 is 0 Å². The maximum absolute atomic E-state index is 12.5. The van der Waals surface area contributed by atoms with Gasteiger partial charge in [-0.15, -0.1) is 0 Å². The van der Waals surface area contributed by atoms with E-state index in [1.165, 1.54) is 51.4 Å². The third-order valence-corrected chi connectivity index (χ3v) is 4.98. The Morgan fingerprint density at radius 1 is 1.05 bits per heavy atom. The van der Waals surface area contributed by atoms with Gasteiger partial charge in [-0.05, 0) is 45.1 Å². The second-order valence-electron chi connectivity index (χ2n) is 6.75. The van der Waals surface area contributed by atoms with Crippen molar-refractivity contribution in [2.75, 3.05) is 32.7 Å². The van der Waals surface area contributed by atoms with Crippen molar-refractivity contribution in [2.24, 2.45) is 0 Å². The molecule has 1 aliphatic carbocycles. The van der Waals surface area contributed by atoms with E-state index < -0.39 is 0 Å². The van der Waals surface area contributed by atoms with Crippen molar-refractivity contribution in [1.29, 1.82) is 0 Å². The van der Waals surface area contributed by atoms with Gasteiger partial charge in [-0.25, -0.2) is 0 Å². The van der Waals surface area contributed by atoms with Crippen molar-refractivity contribution in [1.82, 2.24) is 15.1 Å². The molecule has 20 heavy (non-hydrogen) atoms. The van der Waals surface area contributed by atoms with E-state index in [1.54, 1.807) is 0 Å². The summed E-state index contributed by atoms with van der Waals surface area (Å²) in [6.45, 7) is 4.86. The summed E-state index contributed by atoms with van der Waals surface area (Å²) in [5.74, 6) is 0.372. The van der Waals surface area contributed by atoms with Crippen LogP contribution in [0, 0.1) is 0 Å². The summed E-state index contributed by atoms with van der Waals surface area (Å²) in [5.41, 5.74) is 0. The lowest BCUT2D eigenvalue weighted by atomic mass is 10.2. The molecule has 1 unspecified atom stereocenters. The monoisotopic (exact) mass is 279 g/mol. The lowest BCUT2D eigenvalue weighted by Gasteiger charge is -2.28. The van der Waals surface area contributed by atoms with E-state index in [0.717, 1.165) is 26.2 Å². The summed E-state index contributed by atoms with van der Waals surface area (Å²) >= 11 is 0. The van der Waals surface area contributed by atoms with Gasteiger partial charge in [0.15, 0.2) is 0 Å². The molecule has 1 saturated carbocycles. The number of amides is 1. The molecule has 0 aromatic carbocycles. The molecular weight excluding hydrogens is 250 g/mol. The molecule has 2 aliphatic heterocycles. The Morgan fingerprint density at radius 2 is 1.80 bits per heavy atom. The van der Waals surface area contributed by atoms with Crippen LogP contribution in [-0.2, 0) is 4.79 Å². The van der Waals surface area contributed by atoms with Crippen LogP contribution >= 0.6 is 0 Å². The highest BCUT2D eigenvalue weighted by molar-refractivity contribution is 5.78. The van der Waals surface area contributed by atoms with E-state index in [-0.39, 0.29) is 0 Å². The van der Waals surface area contributed by atoms with Crippen molar-refractivity contribution < 1.29 is 4.79 Å². The van der Waals surface area contributed by atoms with Gasteiger partial charge in [0.2, 0.25) is 5.91 Å². The number of hydrogen-bond acceptors (Lipinski definition) is 3. The van der Waals surface area contributed by atoms with E-state index in [2.05, 4.69) is 15.1 Å². The Morgan fingerprint density at radius 3 is 2.40 bits per heavy atom. The molecule has 1 N–H and O–H groups in total. The van der Waals surface area contributed by atoms with Gasteiger partial charge in [0.05, 0.1) is 6.54 Å². The van der Waals surface area contributed by atoms with Gasteiger partial charge in [-0.2, -0.15) is 0 Å². The molecule has 3 rings (SSSR count). The summed E-state index contributed by atoms with van der Waals surface area (Å²) in [4.78, 5) is 17.1. The van der Waals surface area contributed by atoms with E-state index in [9.17, 15) is 4.79 Å². The zero-order valence-corrected chi connectivity index (χ0v) is 12.6. The molecule has 0 bridgehead atoms. The van der Waals surface area contributed by atoms with Crippen LogP contribution in [0.2, 0.25) is 0 Å². The zero-order chi connectivity index (χ0) is 13.8. The zero-order valence-electron chi connectivity index (χ0n) is 12.6. The summed E-state index contributed by atoms with van der Waals surface area (Å²) in [5, 5.41) is 3.57. The highest BCUT2D eigenvalue weighted by Gasteiger charge is 2.33. The SMILES string of the molecule is O=C(CN(CC1CCCN1)C1CC1)N1CCCCCC1. The summed E-state index contributed by atoms with van der Waals surface area (Å²) < 4.78 is 0. The number of hydrogen-bond donors (Lipinski definition) is 1. The van der Waals surface area contributed by atoms with E-state index in [0.29, 0.717) is 24.5 Å². The summed E-state index contributed by atoms with van der Waals surface area (Å²) in [6, 6.07) is 1.31. The van der Waals surface area contributed by atoms with E-state index >= 15 is 0 Å². The molecule has 4 heteroatoms. The summed E-state index contributed by atoms with van der Waals surface area (Å²) in [6.07, 6.45) is 10.1. The third-order valence-electron chi connectivity index (χ3n) is 4.98. The molecule has 0 spiro atoms. The first kappa shape index (κ1) is 14.3. The van der Waals surface area contributed by atoms with Gasteiger partial charge in [0.25, 0.3) is 0 Å². The highest BCUT2D eigenvalue weighted by atomic mass is 16.2. The summed E-state index contributed by atoms with van der Waals surface area (Å²) in [7, 11) is 0. The fraction of sp³-hybridized carbons (Fsp3) is 0.938. The Labute approximate surface area is 122 Å². The predicted octanol–water partition coefficient (Wildman–Crippen LogP) is 1.61. The van der Waals surface area contributed by atoms with Crippen LogP contribution in [0.25, 0.3) is 0 Å². The van der Waals surface area contributed by atoms with Gasteiger partial charge in [0, 0.05) is 31.7 Å². The number of carbonyl (C=O) groups is 1. The maximum Gasteiger partial charge on any atom is 0.236 e. The lowest BCUT2D eigenvalue weighted by molar-refractivity contribution is -0.132. The fourth-order valence-corrected chi connectivity index (χ4v) is 3.57. The molecule has 0 aromatic heterocycles. The van der Waals surface area contributed by atoms with Crippen LogP contribution in [0.3, 0.4) is 0 Å². The minimum Gasteiger partial charge on any atom is -0.342 e. The first-order valence-corrected chi connectivity index (χ1v) is 8.58. The van der Waals surface area contributed by atoms with Gasteiger partial charge in [0.1, 0.15) is 0 Å². The lowest BCUT2D eigenvalue weighted by Crippen LogP contribution is -2.45. The Bertz CT molecular complexity index is 316. The van der Waals surface area contributed by atoms with Gasteiger partial charge in [-0.1, -0.05) is 12.8 Å². The first-order chi connectivity index (χ1) is 9.83. The minimum atomic E-state index is 0.372. The van der Waals surface area contributed by atoms with Crippen molar-refractivity contribution in [3.63, 3.8) is 0 Å². The Hall–Kier alpha value is -0.610. The molecule has 1 amide bonds. The molecule has 2 heterocycles. The molecule has 4 nitrogen and oxygen atoms in total. The molecule has 0 aromatic rings. The van der Waals surface area contributed by atoms with Crippen LogP contribution in [-0.4, -0.2) is 60.5 Å². The molecule has 2 saturated heterocycles. The smallest absolute Gasteiger partial charge is 0.236 e. The Balaban J connectivity index is 1.50. The fourth-order valence-electron chi connectivity index (χ4n) is 3.57. The molecule has 3 fully saturated rings. The quantitative estimate of drug-likeness (QED) is 0.830. The minimum absolute atomic E-state index is 0.372.